The van der Waals surface area contributed by atoms with E-state index in [9.17, 15) is 9.18 Å². The van der Waals surface area contributed by atoms with Crippen LogP contribution in [0.3, 0.4) is 0 Å². The number of nitrogens with one attached hydrogen (secondary N) is 1. The van der Waals surface area contributed by atoms with Crippen molar-refractivity contribution < 1.29 is 9.18 Å². The van der Waals surface area contributed by atoms with Crippen molar-refractivity contribution in [3.8, 4) is 0 Å². The van der Waals surface area contributed by atoms with Gasteiger partial charge in [0.15, 0.2) is 0 Å². The summed E-state index contributed by atoms with van der Waals surface area (Å²) in [7, 11) is 0. The van der Waals surface area contributed by atoms with Gasteiger partial charge in [-0.25, -0.2) is 9.18 Å². The number of hydrogen-bond donors (Lipinski definition) is 1. The highest BCUT2D eigenvalue weighted by atomic mass is 35.5. The molecule has 2 saturated heterocycles. The molecule has 1 N–H and O–H groups in total. The minimum Gasteiger partial charge on any atom is -0.312 e. The Morgan fingerprint density at radius 1 is 1.08 bits per heavy atom. The highest BCUT2D eigenvalue weighted by molar-refractivity contribution is 6.31. The Morgan fingerprint density at radius 2 is 1.77 bits per heavy atom. The molecule has 0 unspecified atom stereocenters. The molecule has 9 heteroatoms. The van der Waals surface area contributed by atoms with Crippen molar-refractivity contribution in [2.45, 2.75) is 83.8 Å². The van der Waals surface area contributed by atoms with Crippen LogP contribution in [0.1, 0.15) is 75.1 Å². The summed E-state index contributed by atoms with van der Waals surface area (Å²) in [5, 5.41) is 12.4. The monoisotopic (exact) mass is 552 g/mol. The van der Waals surface area contributed by atoms with Crippen molar-refractivity contribution in [1.82, 2.24) is 19.7 Å². The number of rotatable bonds is 8. The zero-order valence-electron chi connectivity index (χ0n) is 23.2. The first kappa shape index (κ1) is 27.6. The SMILES string of the molecule is Cc1ccc(N(CCCN2[C@@H]3CC[C@@H]2CC(n2c(C)nnc2C(C)C)C3)C(=O)Nc2ccc(F)cc2)cc1Cl. The molecule has 0 radical (unpaired) electrons. The number of fused-ring (bicyclic) bond motifs is 2. The van der Waals surface area contributed by atoms with E-state index in [1.54, 1.807) is 17.0 Å². The first-order valence-corrected chi connectivity index (χ1v) is 14.4. The summed E-state index contributed by atoms with van der Waals surface area (Å²) < 4.78 is 15.8. The first-order chi connectivity index (χ1) is 18.7. The normalized spacial score (nSPS) is 20.9. The van der Waals surface area contributed by atoms with Crippen LogP contribution in [0.25, 0.3) is 0 Å². The zero-order valence-corrected chi connectivity index (χ0v) is 24.0. The number of benzene rings is 2. The summed E-state index contributed by atoms with van der Waals surface area (Å²) in [5.74, 6) is 2.11. The Balaban J connectivity index is 1.26. The molecule has 39 heavy (non-hydrogen) atoms. The molecule has 0 aliphatic carbocycles. The van der Waals surface area contributed by atoms with Gasteiger partial charge in [-0.1, -0.05) is 31.5 Å². The van der Waals surface area contributed by atoms with E-state index < -0.39 is 0 Å². The number of halogens is 2. The summed E-state index contributed by atoms with van der Waals surface area (Å²) >= 11 is 6.42. The number of anilines is 2. The molecule has 2 atom stereocenters. The highest BCUT2D eigenvalue weighted by Crippen LogP contribution is 2.42. The van der Waals surface area contributed by atoms with Gasteiger partial charge in [-0.2, -0.15) is 0 Å². The fourth-order valence-electron chi connectivity index (χ4n) is 6.29. The number of urea groups is 1. The number of piperidine rings is 1. The summed E-state index contributed by atoms with van der Waals surface area (Å²) in [6, 6.07) is 12.8. The van der Waals surface area contributed by atoms with Crippen molar-refractivity contribution in [2.24, 2.45) is 0 Å². The van der Waals surface area contributed by atoms with Crippen LogP contribution >= 0.6 is 11.6 Å². The van der Waals surface area contributed by atoms with Gasteiger partial charge in [0, 0.05) is 53.5 Å². The maximum atomic E-state index is 13.4. The lowest BCUT2D eigenvalue weighted by Gasteiger charge is -2.40. The quantitative estimate of drug-likeness (QED) is 0.323. The molecule has 5 rings (SSSR count). The molecule has 3 aromatic rings. The number of carbonyl (C=O) groups is 1. The second-order valence-corrected chi connectivity index (χ2v) is 11.7. The Labute approximate surface area is 235 Å². The van der Waals surface area contributed by atoms with Gasteiger partial charge >= 0.3 is 6.03 Å². The van der Waals surface area contributed by atoms with E-state index in [2.05, 4.69) is 45.8 Å². The molecule has 7 nitrogen and oxygen atoms in total. The van der Waals surface area contributed by atoms with E-state index in [1.807, 2.05) is 25.1 Å². The number of nitrogens with zero attached hydrogens (tertiary/aromatic N) is 5. The highest BCUT2D eigenvalue weighted by Gasteiger charge is 2.42. The molecule has 3 heterocycles. The number of carbonyl (C=O) groups excluding carboxylic acids is 1. The molecule has 2 aromatic carbocycles. The molecule has 1 aromatic heterocycles. The Bertz CT molecular complexity index is 1300. The van der Waals surface area contributed by atoms with Gasteiger partial charge in [0.1, 0.15) is 17.5 Å². The Morgan fingerprint density at radius 3 is 2.41 bits per heavy atom. The van der Waals surface area contributed by atoms with Gasteiger partial charge in [-0.3, -0.25) is 9.80 Å². The van der Waals surface area contributed by atoms with Gasteiger partial charge in [0.2, 0.25) is 0 Å². The maximum Gasteiger partial charge on any atom is 0.326 e. The van der Waals surface area contributed by atoms with Crippen LogP contribution in [0.4, 0.5) is 20.6 Å². The van der Waals surface area contributed by atoms with Crippen LogP contribution in [-0.2, 0) is 0 Å². The molecule has 2 bridgehead atoms. The largest absolute Gasteiger partial charge is 0.326 e. The van der Waals surface area contributed by atoms with Crippen molar-refractivity contribution in [3.63, 3.8) is 0 Å². The maximum absolute atomic E-state index is 13.4. The van der Waals surface area contributed by atoms with E-state index in [1.165, 1.54) is 25.0 Å². The van der Waals surface area contributed by atoms with E-state index in [-0.39, 0.29) is 11.8 Å². The number of hydrogen-bond acceptors (Lipinski definition) is 4. The first-order valence-electron chi connectivity index (χ1n) is 14.0. The zero-order chi connectivity index (χ0) is 27.7. The Hall–Kier alpha value is -2.97. The van der Waals surface area contributed by atoms with E-state index >= 15 is 0 Å². The van der Waals surface area contributed by atoms with Gasteiger partial charge in [0.25, 0.3) is 0 Å². The second kappa shape index (κ2) is 11.6. The second-order valence-electron chi connectivity index (χ2n) is 11.3. The van der Waals surface area contributed by atoms with Crippen LogP contribution in [0, 0.1) is 19.7 Å². The minimum atomic E-state index is -0.339. The smallest absolute Gasteiger partial charge is 0.312 e. The molecule has 2 amide bonds. The molecule has 0 spiro atoms. The molecule has 208 valence electrons. The van der Waals surface area contributed by atoms with Crippen molar-refractivity contribution in [2.75, 3.05) is 23.3 Å². The van der Waals surface area contributed by atoms with Crippen LogP contribution in [0.5, 0.6) is 0 Å². The summed E-state index contributed by atoms with van der Waals surface area (Å²) in [6.07, 6.45) is 5.47. The number of aryl methyl sites for hydroxylation is 2. The fraction of sp³-hybridized carbons (Fsp3) is 0.500. The molecular formula is C30H38ClFN6O. The van der Waals surface area contributed by atoms with Crippen LogP contribution in [0.2, 0.25) is 5.02 Å². The van der Waals surface area contributed by atoms with E-state index in [0.717, 1.165) is 48.7 Å². The summed E-state index contributed by atoms with van der Waals surface area (Å²) in [4.78, 5) is 17.8. The van der Waals surface area contributed by atoms with Gasteiger partial charge in [-0.05, 0) is 87.9 Å². The predicted molar refractivity (Wildman–Crippen MR) is 154 cm³/mol. The number of aromatic nitrogens is 3. The molecule has 2 fully saturated rings. The van der Waals surface area contributed by atoms with E-state index in [4.69, 9.17) is 11.6 Å². The summed E-state index contributed by atoms with van der Waals surface area (Å²) in [5.41, 5.74) is 2.26. The molecule has 2 aliphatic rings. The molecular weight excluding hydrogens is 515 g/mol. The third-order valence-corrected chi connectivity index (χ3v) is 8.65. The van der Waals surface area contributed by atoms with Gasteiger partial charge < -0.3 is 9.88 Å². The minimum absolute atomic E-state index is 0.257. The van der Waals surface area contributed by atoms with Crippen molar-refractivity contribution in [1.29, 1.82) is 0 Å². The third kappa shape index (κ3) is 5.97. The Kier molecular flexibility index (Phi) is 8.24. The average molecular weight is 553 g/mol. The van der Waals surface area contributed by atoms with Gasteiger partial charge in [-0.15, -0.1) is 10.2 Å². The lowest BCUT2D eigenvalue weighted by Crippen LogP contribution is -2.45. The van der Waals surface area contributed by atoms with Crippen molar-refractivity contribution in [3.05, 3.63) is 70.5 Å². The summed E-state index contributed by atoms with van der Waals surface area (Å²) in [6.45, 7) is 9.86. The molecule has 0 saturated carbocycles. The van der Waals surface area contributed by atoms with Crippen LogP contribution < -0.4 is 10.2 Å². The fourth-order valence-corrected chi connectivity index (χ4v) is 6.46. The van der Waals surface area contributed by atoms with Gasteiger partial charge in [0.05, 0.1) is 0 Å². The van der Waals surface area contributed by atoms with Crippen molar-refractivity contribution >= 4 is 29.0 Å². The standard InChI is InChI=1S/C30H38ClFN6O/c1-19(2)29-35-34-21(4)38(29)27-16-24-12-13-25(17-27)36(24)14-5-15-37(26-11-6-20(3)28(31)18-26)30(39)33-23-9-7-22(32)8-10-23/h6-11,18-19,24-25,27H,5,12-17H2,1-4H3,(H,33,39)/t24-,25-/m1/s1. The number of amides is 2. The lowest BCUT2D eigenvalue weighted by molar-refractivity contribution is 0.104. The molecule has 2 aliphatic heterocycles. The predicted octanol–water partition coefficient (Wildman–Crippen LogP) is 7.11. The average Bonchev–Trinajstić information content (AvgIpc) is 3.40. The van der Waals surface area contributed by atoms with E-state index in [0.29, 0.717) is 41.3 Å². The van der Waals surface area contributed by atoms with Crippen LogP contribution in [0.15, 0.2) is 42.5 Å². The lowest BCUT2D eigenvalue weighted by atomic mass is 9.96. The topological polar surface area (TPSA) is 66.3 Å². The third-order valence-electron chi connectivity index (χ3n) is 8.24. The van der Waals surface area contributed by atoms with Crippen LogP contribution in [-0.4, -0.2) is 50.9 Å².